The minimum absolute atomic E-state index is 0.0216. The van der Waals surface area contributed by atoms with Crippen LogP contribution in [0.3, 0.4) is 0 Å². The standard InChI is InChI=1S/C14H24N2O2/c1-14(6-7-15(2)10-14)11-16(3)8-12-4-5-13(9-17)18-12/h4-5,17H,6-11H2,1-3H3/t14-/m0/s1. The van der Waals surface area contributed by atoms with Crippen molar-refractivity contribution in [1.82, 2.24) is 9.80 Å². The van der Waals surface area contributed by atoms with E-state index in [9.17, 15) is 0 Å². The Morgan fingerprint density at radius 2 is 2.17 bits per heavy atom. The monoisotopic (exact) mass is 252 g/mol. The lowest BCUT2D eigenvalue weighted by molar-refractivity contribution is 0.176. The zero-order valence-electron chi connectivity index (χ0n) is 11.6. The largest absolute Gasteiger partial charge is 0.462 e. The molecule has 18 heavy (non-hydrogen) atoms. The highest BCUT2D eigenvalue weighted by Crippen LogP contribution is 2.30. The predicted octanol–water partition coefficient (Wildman–Crippen LogP) is 1.55. The quantitative estimate of drug-likeness (QED) is 0.863. The highest BCUT2D eigenvalue weighted by atomic mass is 16.4. The third-order valence-electron chi connectivity index (χ3n) is 3.70. The van der Waals surface area contributed by atoms with E-state index in [-0.39, 0.29) is 6.61 Å². The molecule has 1 atom stereocenters. The topological polar surface area (TPSA) is 39.9 Å². The van der Waals surface area contributed by atoms with E-state index >= 15 is 0 Å². The molecule has 0 radical (unpaired) electrons. The fraction of sp³-hybridized carbons (Fsp3) is 0.714. The van der Waals surface area contributed by atoms with Gasteiger partial charge in [-0.3, -0.25) is 4.90 Å². The number of likely N-dealkylation sites (tertiary alicyclic amines) is 1. The van der Waals surface area contributed by atoms with Gasteiger partial charge in [0, 0.05) is 13.1 Å². The Hall–Kier alpha value is -0.840. The lowest BCUT2D eigenvalue weighted by Gasteiger charge is -2.29. The first-order chi connectivity index (χ1) is 8.50. The third kappa shape index (κ3) is 3.34. The summed E-state index contributed by atoms with van der Waals surface area (Å²) in [7, 11) is 4.32. The number of aliphatic hydroxyl groups excluding tert-OH is 1. The Balaban J connectivity index is 1.86. The lowest BCUT2D eigenvalue weighted by Crippen LogP contribution is -2.35. The molecule has 4 heteroatoms. The van der Waals surface area contributed by atoms with Crippen molar-refractivity contribution in [3.63, 3.8) is 0 Å². The smallest absolute Gasteiger partial charge is 0.129 e. The molecule has 1 aromatic rings. The normalized spacial score (nSPS) is 25.2. The molecule has 0 aromatic carbocycles. The van der Waals surface area contributed by atoms with Crippen molar-refractivity contribution in [2.24, 2.45) is 5.41 Å². The second-order valence-electron chi connectivity index (χ2n) is 6.00. The molecular formula is C14H24N2O2. The van der Waals surface area contributed by atoms with Crippen molar-refractivity contribution in [1.29, 1.82) is 0 Å². The summed E-state index contributed by atoms with van der Waals surface area (Å²) in [6.45, 7) is 6.57. The molecule has 4 nitrogen and oxygen atoms in total. The van der Waals surface area contributed by atoms with E-state index in [1.807, 2.05) is 12.1 Å². The average molecular weight is 252 g/mol. The minimum atomic E-state index is -0.0216. The second-order valence-corrected chi connectivity index (χ2v) is 6.00. The molecule has 0 saturated carbocycles. The zero-order chi connectivity index (χ0) is 13.2. The Morgan fingerprint density at radius 3 is 2.72 bits per heavy atom. The summed E-state index contributed by atoms with van der Waals surface area (Å²) in [5.74, 6) is 1.57. The van der Waals surface area contributed by atoms with Crippen LogP contribution in [0.2, 0.25) is 0 Å². The van der Waals surface area contributed by atoms with Gasteiger partial charge in [0.15, 0.2) is 0 Å². The maximum absolute atomic E-state index is 8.97. The summed E-state index contributed by atoms with van der Waals surface area (Å²) in [5, 5.41) is 8.97. The van der Waals surface area contributed by atoms with E-state index in [1.54, 1.807) is 0 Å². The molecular weight excluding hydrogens is 228 g/mol. The van der Waals surface area contributed by atoms with E-state index in [0.717, 1.165) is 25.4 Å². The number of hydrogen-bond donors (Lipinski definition) is 1. The lowest BCUT2D eigenvalue weighted by atomic mass is 9.89. The molecule has 1 aliphatic heterocycles. The van der Waals surface area contributed by atoms with Crippen molar-refractivity contribution in [2.45, 2.75) is 26.5 Å². The molecule has 1 aromatic heterocycles. The molecule has 0 amide bonds. The highest BCUT2D eigenvalue weighted by Gasteiger charge is 2.32. The third-order valence-corrected chi connectivity index (χ3v) is 3.70. The summed E-state index contributed by atoms with van der Waals surface area (Å²) in [6.07, 6.45) is 1.26. The van der Waals surface area contributed by atoms with Gasteiger partial charge in [-0.25, -0.2) is 0 Å². The van der Waals surface area contributed by atoms with Gasteiger partial charge in [-0.05, 0) is 44.6 Å². The molecule has 1 N–H and O–H groups in total. The first-order valence-electron chi connectivity index (χ1n) is 6.56. The van der Waals surface area contributed by atoms with Gasteiger partial charge < -0.3 is 14.4 Å². The average Bonchev–Trinajstić information content (AvgIpc) is 2.85. The summed E-state index contributed by atoms with van der Waals surface area (Å²) in [4.78, 5) is 4.70. The number of nitrogens with zero attached hydrogens (tertiary/aromatic N) is 2. The van der Waals surface area contributed by atoms with E-state index < -0.39 is 0 Å². The minimum Gasteiger partial charge on any atom is -0.462 e. The van der Waals surface area contributed by atoms with Crippen LogP contribution in [0.25, 0.3) is 0 Å². The SMILES string of the molecule is CN1CC[C@](C)(CN(C)Cc2ccc(CO)o2)C1. The summed E-state index contributed by atoms with van der Waals surface area (Å²) in [6, 6.07) is 3.79. The molecule has 0 spiro atoms. The van der Waals surface area contributed by atoms with Crippen LogP contribution in [-0.4, -0.2) is 48.6 Å². The van der Waals surface area contributed by atoms with Crippen LogP contribution in [0, 0.1) is 5.41 Å². The molecule has 102 valence electrons. The maximum atomic E-state index is 8.97. The summed E-state index contributed by atoms with van der Waals surface area (Å²) < 4.78 is 5.52. The number of rotatable bonds is 5. The predicted molar refractivity (Wildman–Crippen MR) is 71.2 cm³/mol. The molecule has 1 fully saturated rings. The summed E-state index contributed by atoms with van der Waals surface area (Å²) in [5.41, 5.74) is 0.385. The van der Waals surface area contributed by atoms with Gasteiger partial charge >= 0.3 is 0 Å². The van der Waals surface area contributed by atoms with Crippen molar-refractivity contribution in [2.75, 3.05) is 33.7 Å². The Labute approximate surface area is 109 Å². The van der Waals surface area contributed by atoms with E-state index in [2.05, 4.69) is 30.8 Å². The molecule has 2 rings (SSSR count). The van der Waals surface area contributed by atoms with Crippen LogP contribution in [-0.2, 0) is 13.2 Å². The Morgan fingerprint density at radius 1 is 1.44 bits per heavy atom. The van der Waals surface area contributed by atoms with Gasteiger partial charge in [0.2, 0.25) is 0 Å². The van der Waals surface area contributed by atoms with Gasteiger partial charge in [0.05, 0.1) is 6.54 Å². The first-order valence-corrected chi connectivity index (χ1v) is 6.56. The van der Waals surface area contributed by atoms with Gasteiger partial charge in [-0.15, -0.1) is 0 Å². The Bertz CT molecular complexity index is 391. The fourth-order valence-corrected chi connectivity index (χ4v) is 2.97. The highest BCUT2D eigenvalue weighted by molar-refractivity contribution is 5.06. The zero-order valence-corrected chi connectivity index (χ0v) is 11.6. The number of aliphatic hydroxyl groups is 1. The van der Waals surface area contributed by atoms with Crippen LogP contribution in [0.5, 0.6) is 0 Å². The Kier molecular flexibility index (Phi) is 4.10. The van der Waals surface area contributed by atoms with Crippen LogP contribution in [0.4, 0.5) is 0 Å². The molecule has 0 bridgehead atoms. The van der Waals surface area contributed by atoms with E-state index in [1.165, 1.54) is 13.0 Å². The number of furan rings is 1. The molecule has 0 unspecified atom stereocenters. The molecule has 1 saturated heterocycles. The van der Waals surface area contributed by atoms with Crippen molar-refractivity contribution < 1.29 is 9.52 Å². The molecule has 0 aliphatic carbocycles. The van der Waals surface area contributed by atoms with Crippen molar-refractivity contribution in [3.8, 4) is 0 Å². The molecule has 1 aliphatic rings. The van der Waals surface area contributed by atoms with Crippen LogP contribution >= 0.6 is 0 Å². The van der Waals surface area contributed by atoms with Gasteiger partial charge in [0.25, 0.3) is 0 Å². The molecule has 2 heterocycles. The summed E-state index contributed by atoms with van der Waals surface area (Å²) >= 11 is 0. The fourth-order valence-electron chi connectivity index (χ4n) is 2.97. The van der Waals surface area contributed by atoms with Crippen LogP contribution in [0.15, 0.2) is 16.5 Å². The van der Waals surface area contributed by atoms with Crippen molar-refractivity contribution in [3.05, 3.63) is 23.7 Å². The number of hydrogen-bond acceptors (Lipinski definition) is 4. The van der Waals surface area contributed by atoms with Crippen LogP contribution < -0.4 is 0 Å². The first kappa shape index (κ1) is 13.6. The van der Waals surface area contributed by atoms with Crippen molar-refractivity contribution >= 4 is 0 Å². The van der Waals surface area contributed by atoms with E-state index in [4.69, 9.17) is 9.52 Å². The second kappa shape index (κ2) is 5.43. The van der Waals surface area contributed by atoms with E-state index in [0.29, 0.717) is 11.2 Å². The maximum Gasteiger partial charge on any atom is 0.129 e. The van der Waals surface area contributed by atoms with Crippen LogP contribution in [0.1, 0.15) is 24.9 Å². The van der Waals surface area contributed by atoms with Gasteiger partial charge in [-0.2, -0.15) is 0 Å². The van der Waals surface area contributed by atoms with Gasteiger partial charge in [0.1, 0.15) is 18.1 Å². The van der Waals surface area contributed by atoms with Gasteiger partial charge in [-0.1, -0.05) is 6.92 Å².